The summed E-state index contributed by atoms with van der Waals surface area (Å²) in [5, 5.41) is 27.5. The lowest BCUT2D eigenvalue weighted by atomic mass is 9.90. The minimum absolute atomic E-state index is 0.125. The zero-order valence-electron chi connectivity index (χ0n) is 19.2. The number of furan rings is 1. The lowest BCUT2D eigenvalue weighted by Crippen LogP contribution is -2.20. The summed E-state index contributed by atoms with van der Waals surface area (Å²) in [7, 11) is -3.79. The van der Waals surface area contributed by atoms with E-state index in [4.69, 9.17) is 9.56 Å². The Morgan fingerprint density at radius 1 is 1.31 bits per heavy atom. The Balaban J connectivity index is 2.58. The van der Waals surface area contributed by atoms with Crippen LogP contribution in [0.25, 0.3) is 0 Å². The average Bonchev–Trinajstić information content (AvgIpc) is 3.04. The molecule has 0 unspecified atom stereocenters. The molecule has 2 amide bonds. The SMILES string of the molecule is Cc1oc([S@@](N)(=O)=NC(=O)Nc2c(C(C)C)cc(C#N)c(F)c2C(C)C)cc1C(C)(C)O. The quantitative estimate of drug-likeness (QED) is 0.570. The number of carbonyl (C=O) groups excluding carboxylic acids is 1. The minimum atomic E-state index is -3.79. The van der Waals surface area contributed by atoms with Crippen LogP contribution in [0, 0.1) is 24.1 Å². The number of nitrogens with one attached hydrogen (secondary N) is 1. The number of aryl methyl sites for hydroxylation is 1. The fourth-order valence-electron chi connectivity index (χ4n) is 3.42. The highest BCUT2D eigenvalue weighted by Crippen LogP contribution is 2.36. The number of hydrogen-bond donors (Lipinski definition) is 3. The molecule has 8 nitrogen and oxygen atoms in total. The maximum Gasteiger partial charge on any atom is 0.354 e. The lowest BCUT2D eigenvalue weighted by molar-refractivity contribution is 0.0769. The molecule has 0 fully saturated rings. The van der Waals surface area contributed by atoms with Gasteiger partial charge in [0.25, 0.3) is 0 Å². The Morgan fingerprint density at radius 2 is 1.91 bits per heavy atom. The van der Waals surface area contributed by atoms with Crippen LogP contribution >= 0.6 is 0 Å². The van der Waals surface area contributed by atoms with E-state index in [0.717, 1.165) is 0 Å². The Bertz CT molecular complexity index is 1210. The maximum atomic E-state index is 14.9. The Hall–Kier alpha value is -2.74. The van der Waals surface area contributed by atoms with Crippen LogP contribution in [-0.4, -0.2) is 15.3 Å². The molecule has 0 saturated heterocycles. The highest BCUT2D eigenvalue weighted by Gasteiger charge is 2.27. The molecule has 10 heteroatoms. The van der Waals surface area contributed by atoms with Gasteiger partial charge in [-0.3, -0.25) is 0 Å². The summed E-state index contributed by atoms with van der Waals surface area (Å²) in [6, 6.07) is 3.47. The molecule has 1 aromatic heterocycles. The number of nitriles is 1. The first kappa shape index (κ1) is 25.5. The van der Waals surface area contributed by atoms with E-state index in [9.17, 15) is 23.8 Å². The van der Waals surface area contributed by atoms with E-state index in [1.165, 1.54) is 26.0 Å². The van der Waals surface area contributed by atoms with E-state index in [-0.39, 0.29) is 33.7 Å². The largest absolute Gasteiger partial charge is 0.450 e. The molecule has 0 saturated carbocycles. The molecule has 1 atom stereocenters. The normalized spacial score (nSPS) is 13.7. The van der Waals surface area contributed by atoms with E-state index in [2.05, 4.69) is 9.68 Å². The number of nitrogens with two attached hydrogens (primary N) is 1. The van der Waals surface area contributed by atoms with Crippen molar-refractivity contribution < 1.29 is 22.9 Å². The summed E-state index contributed by atoms with van der Waals surface area (Å²) in [6.45, 7) is 11.7. The zero-order valence-corrected chi connectivity index (χ0v) is 20.1. The monoisotopic (exact) mass is 464 g/mol. The predicted molar refractivity (Wildman–Crippen MR) is 120 cm³/mol. The molecule has 2 aromatic rings. The molecule has 32 heavy (non-hydrogen) atoms. The zero-order chi connectivity index (χ0) is 24.6. The van der Waals surface area contributed by atoms with Gasteiger partial charge in [-0.15, -0.1) is 4.36 Å². The first-order valence-corrected chi connectivity index (χ1v) is 11.6. The van der Waals surface area contributed by atoms with Crippen molar-refractivity contribution in [2.75, 3.05) is 5.32 Å². The van der Waals surface area contributed by atoms with E-state index in [1.54, 1.807) is 20.8 Å². The van der Waals surface area contributed by atoms with Gasteiger partial charge in [-0.25, -0.2) is 18.5 Å². The number of hydrogen-bond acceptors (Lipinski definition) is 5. The van der Waals surface area contributed by atoms with Crippen molar-refractivity contribution in [1.82, 2.24) is 0 Å². The molecule has 4 N–H and O–H groups in total. The predicted octanol–water partition coefficient (Wildman–Crippen LogP) is 5.01. The van der Waals surface area contributed by atoms with Gasteiger partial charge >= 0.3 is 6.03 Å². The van der Waals surface area contributed by atoms with E-state index < -0.39 is 27.4 Å². The van der Waals surface area contributed by atoms with Crippen molar-refractivity contribution in [2.24, 2.45) is 9.50 Å². The highest BCUT2D eigenvalue weighted by atomic mass is 32.2. The number of rotatable bonds is 5. The summed E-state index contributed by atoms with van der Waals surface area (Å²) in [4.78, 5) is 12.7. The molecular formula is C22H29FN4O4S. The van der Waals surface area contributed by atoms with Crippen molar-refractivity contribution in [2.45, 2.75) is 71.0 Å². The van der Waals surface area contributed by atoms with Crippen LogP contribution in [0.3, 0.4) is 0 Å². The van der Waals surface area contributed by atoms with Crippen LogP contribution in [0.4, 0.5) is 14.9 Å². The second kappa shape index (κ2) is 9.02. The van der Waals surface area contributed by atoms with E-state index >= 15 is 0 Å². The number of aliphatic hydroxyl groups is 1. The molecule has 174 valence electrons. The van der Waals surface area contributed by atoms with Gasteiger partial charge in [0.05, 0.1) is 16.9 Å². The number of benzene rings is 1. The van der Waals surface area contributed by atoms with Crippen molar-refractivity contribution >= 4 is 21.6 Å². The Kier molecular flexibility index (Phi) is 7.19. The summed E-state index contributed by atoms with van der Waals surface area (Å²) >= 11 is 0. The van der Waals surface area contributed by atoms with Gasteiger partial charge in [0, 0.05) is 17.2 Å². The molecule has 1 heterocycles. The van der Waals surface area contributed by atoms with Gasteiger partial charge in [-0.05, 0) is 44.2 Å². The molecule has 0 spiro atoms. The topological polar surface area (TPSA) is 142 Å². The van der Waals surface area contributed by atoms with Gasteiger partial charge < -0.3 is 14.8 Å². The van der Waals surface area contributed by atoms with E-state index in [1.807, 2.05) is 19.9 Å². The number of anilines is 1. The van der Waals surface area contributed by atoms with Gasteiger partial charge in [0.1, 0.15) is 17.6 Å². The van der Waals surface area contributed by atoms with Crippen molar-refractivity contribution in [1.29, 1.82) is 5.26 Å². The third kappa shape index (κ3) is 5.18. The van der Waals surface area contributed by atoms with Gasteiger partial charge in [-0.1, -0.05) is 27.7 Å². The summed E-state index contributed by atoms with van der Waals surface area (Å²) in [5.74, 6) is -0.952. The third-order valence-electron chi connectivity index (χ3n) is 4.94. The lowest BCUT2D eigenvalue weighted by Gasteiger charge is -2.21. The summed E-state index contributed by atoms with van der Waals surface area (Å²) in [5.41, 5.74) is -0.181. The van der Waals surface area contributed by atoms with Crippen LogP contribution < -0.4 is 10.5 Å². The number of amides is 2. The number of halogens is 1. The molecule has 0 radical (unpaired) electrons. The number of nitrogens with zero attached hydrogens (tertiary/aromatic N) is 2. The average molecular weight is 465 g/mol. The molecule has 0 bridgehead atoms. The molecular weight excluding hydrogens is 435 g/mol. The smallest absolute Gasteiger partial charge is 0.354 e. The fraction of sp³-hybridized carbons (Fsp3) is 0.455. The maximum absolute atomic E-state index is 14.9. The van der Waals surface area contributed by atoms with Crippen LogP contribution in [-0.2, 0) is 15.5 Å². The molecule has 0 aliphatic heterocycles. The van der Waals surface area contributed by atoms with E-state index in [0.29, 0.717) is 16.9 Å². The van der Waals surface area contributed by atoms with Crippen molar-refractivity contribution in [3.8, 4) is 6.07 Å². The highest BCUT2D eigenvalue weighted by molar-refractivity contribution is 7.91. The minimum Gasteiger partial charge on any atom is -0.450 e. The Morgan fingerprint density at radius 3 is 2.34 bits per heavy atom. The van der Waals surface area contributed by atoms with Gasteiger partial charge in [-0.2, -0.15) is 5.26 Å². The standard InChI is InChI=1S/C22H29FN4O4S/c1-11(2)15-8-14(10-24)19(23)18(12(3)4)20(15)26-21(28)27-32(25,30)17-9-16(13(5)31-17)22(6,7)29/h8-9,11-12,29H,1-7H3,(H3,25,26,27,28,30)/t32-/m0/s1. The summed E-state index contributed by atoms with van der Waals surface area (Å²) in [6.07, 6.45) is 0. The van der Waals surface area contributed by atoms with Crippen LogP contribution in [0.5, 0.6) is 0 Å². The van der Waals surface area contributed by atoms with Crippen LogP contribution in [0.15, 0.2) is 26.0 Å². The molecule has 0 aliphatic rings. The van der Waals surface area contributed by atoms with Crippen LogP contribution in [0.2, 0.25) is 0 Å². The molecule has 0 aliphatic carbocycles. The molecule has 1 aromatic carbocycles. The fourth-order valence-corrected chi connectivity index (χ4v) is 4.34. The summed E-state index contributed by atoms with van der Waals surface area (Å²) < 4.78 is 36.8. The second-order valence-corrected chi connectivity index (χ2v) is 10.4. The number of urea groups is 1. The Labute approximate surface area is 187 Å². The van der Waals surface area contributed by atoms with Gasteiger partial charge in [0.15, 0.2) is 9.92 Å². The van der Waals surface area contributed by atoms with Crippen LogP contribution in [0.1, 0.15) is 81.4 Å². The van der Waals surface area contributed by atoms with Gasteiger partial charge in [0.2, 0.25) is 5.09 Å². The van der Waals surface area contributed by atoms with Crippen molar-refractivity contribution in [3.05, 3.63) is 46.0 Å². The first-order valence-electron chi connectivity index (χ1n) is 10.1. The number of carbonyl (C=O) groups is 1. The third-order valence-corrected chi connectivity index (χ3v) is 6.16. The second-order valence-electron chi connectivity index (χ2n) is 8.72. The van der Waals surface area contributed by atoms with Crippen molar-refractivity contribution in [3.63, 3.8) is 0 Å². The first-order chi connectivity index (χ1) is 14.6. The molecule has 2 rings (SSSR count).